The minimum atomic E-state index is -0.541. The summed E-state index contributed by atoms with van der Waals surface area (Å²) in [5.41, 5.74) is 0.632. The summed E-state index contributed by atoms with van der Waals surface area (Å²) in [4.78, 5) is 14.1. The third-order valence-electron chi connectivity index (χ3n) is 6.48. The van der Waals surface area contributed by atoms with Crippen molar-refractivity contribution in [3.05, 3.63) is 23.8 Å². The molecule has 1 N–H and O–H groups in total. The van der Waals surface area contributed by atoms with E-state index in [0.717, 1.165) is 51.5 Å². The fraction of sp³-hybridized carbons (Fsp3) is 0.810. The Kier molecular flexibility index (Phi) is 5.87. The fourth-order valence-corrected chi connectivity index (χ4v) is 5.01. The van der Waals surface area contributed by atoms with Crippen LogP contribution in [0.25, 0.3) is 0 Å². The van der Waals surface area contributed by atoms with Crippen LogP contribution in [0.4, 0.5) is 0 Å². The van der Waals surface area contributed by atoms with Crippen LogP contribution < -0.4 is 0 Å². The molecule has 0 bridgehead atoms. The van der Waals surface area contributed by atoms with Crippen molar-refractivity contribution in [2.75, 3.05) is 32.7 Å². The first-order valence-electron chi connectivity index (χ1n) is 10.7. The summed E-state index contributed by atoms with van der Waals surface area (Å²) in [5.74, 6) is 1.61. The van der Waals surface area contributed by atoms with Gasteiger partial charge in [-0.05, 0) is 45.2 Å². The molecule has 2 saturated heterocycles. The number of hydrogen-bond acceptors (Lipinski definition) is 5. The van der Waals surface area contributed by atoms with Crippen LogP contribution in [0.3, 0.4) is 0 Å². The number of β-amino-alcohol motifs (C(OH)–C–C–N with tert-alkyl or cyclic N) is 1. The summed E-state index contributed by atoms with van der Waals surface area (Å²) in [7, 11) is 0. The first kappa shape index (κ1) is 18.3. The van der Waals surface area contributed by atoms with Gasteiger partial charge >= 0.3 is 0 Å². The standard InChI is InChI=1S/C21H34N4O/c26-21(16-24-10-5-2-6-11-24)9-12-25(17-21)15-18-13-22-20(23-14-18)19-7-3-1-4-8-19/h13-14,19,26H,1-12,15-17H2/t21-/m1/s1. The van der Waals surface area contributed by atoms with Gasteiger partial charge in [-0.25, -0.2) is 9.97 Å². The number of nitrogens with zero attached hydrogens (tertiary/aromatic N) is 4. The first-order chi connectivity index (χ1) is 12.7. The minimum absolute atomic E-state index is 0.541. The lowest BCUT2D eigenvalue weighted by molar-refractivity contribution is 0.00633. The smallest absolute Gasteiger partial charge is 0.131 e. The van der Waals surface area contributed by atoms with E-state index in [1.165, 1.54) is 56.9 Å². The Balaban J connectivity index is 1.29. The number of hydrogen-bond donors (Lipinski definition) is 1. The molecule has 0 spiro atoms. The summed E-state index contributed by atoms with van der Waals surface area (Å²) >= 11 is 0. The van der Waals surface area contributed by atoms with Crippen molar-refractivity contribution in [2.24, 2.45) is 0 Å². The molecule has 1 saturated carbocycles. The molecular weight excluding hydrogens is 324 g/mol. The third-order valence-corrected chi connectivity index (χ3v) is 6.48. The minimum Gasteiger partial charge on any atom is -0.387 e. The van der Waals surface area contributed by atoms with Crippen LogP contribution in [-0.2, 0) is 6.54 Å². The lowest BCUT2D eigenvalue weighted by atomic mass is 9.89. The van der Waals surface area contributed by atoms with Crippen LogP contribution in [0.15, 0.2) is 12.4 Å². The van der Waals surface area contributed by atoms with Crippen LogP contribution >= 0.6 is 0 Å². The highest BCUT2D eigenvalue weighted by Gasteiger charge is 2.37. The number of aromatic nitrogens is 2. The molecule has 5 nitrogen and oxygen atoms in total. The molecule has 5 heteroatoms. The Morgan fingerprint density at radius 2 is 1.62 bits per heavy atom. The highest BCUT2D eigenvalue weighted by molar-refractivity contribution is 5.09. The average molecular weight is 359 g/mol. The molecule has 4 rings (SSSR count). The maximum atomic E-state index is 11.0. The molecule has 2 aliphatic heterocycles. The molecule has 3 aliphatic rings. The normalized spacial score (nSPS) is 29.3. The van der Waals surface area contributed by atoms with Gasteiger partial charge in [0.15, 0.2) is 0 Å². The molecule has 0 amide bonds. The van der Waals surface area contributed by atoms with E-state index in [9.17, 15) is 5.11 Å². The number of likely N-dealkylation sites (tertiary alicyclic amines) is 2. The van der Waals surface area contributed by atoms with Crippen molar-refractivity contribution in [1.82, 2.24) is 19.8 Å². The SMILES string of the molecule is O[C@@]1(CN2CCCCC2)CCN(Cc2cnc(C3CCCCC3)nc2)C1. The van der Waals surface area contributed by atoms with Gasteiger partial charge in [0.05, 0.1) is 5.60 Å². The molecule has 1 atom stereocenters. The van der Waals surface area contributed by atoms with Crippen molar-refractivity contribution in [3.63, 3.8) is 0 Å². The van der Waals surface area contributed by atoms with Gasteiger partial charge in [0.1, 0.15) is 5.82 Å². The van der Waals surface area contributed by atoms with E-state index in [2.05, 4.69) is 19.8 Å². The van der Waals surface area contributed by atoms with Crippen molar-refractivity contribution in [1.29, 1.82) is 0 Å². The first-order valence-corrected chi connectivity index (χ1v) is 10.7. The van der Waals surface area contributed by atoms with Gasteiger partial charge in [-0.15, -0.1) is 0 Å². The van der Waals surface area contributed by atoms with Gasteiger partial charge in [-0.2, -0.15) is 0 Å². The Morgan fingerprint density at radius 3 is 2.35 bits per heavy atom. The Morgan fingerprint density at radius 1 is 0.923 bits per heavy atom. The highest BCUT2D eigenvalue weighted by Crippen LogP contribution is 2.30. The van der Waals surface area contributed by atoms with Gasteiger partial charge in [0.2, 0.25) is 0 Å². The summed E-state index contributed by atoms with van der Waals surface area (Å²) in [6, 6.07) is 0. The van der Waals surface area contributed by atoms with Crippen LogP contribution in [-0.4, -0.2) is 63.2 Å². The van der Waals surface area contributed by atoms with E-state index in [0.29, 0.717) is 5.92 Å². The van der Waals surface area contributed by atoms with E-state index in [4.69, 9.17) is 0 Å². The number of aliphatic hydroxyl groups is 1. The topological polar surface area (TPSA) is 52.5 Å². The lowest BCUT2D eigenvalue weighted by Gasteiger charge is -2.33. The molecule has 0 aromatic carbocycles. The van der Waals surface area contributed by atoms with E-state index in [1.54, 1.807) is 0 Å². The maximum absolute atomic E-state index is 11.0. The van der Waals surface area contributed by atoms with E-state index in [1.807, 2.05) is 12.4 Å². The summed E-state index contributed by atoms with van der Waals surface area (Å²) in [6.45, 7) is 5.73. The van der Waals surface area contributed by atoms with Gasteiger partial charge in [0.25, 0.3) is 0 Å². The summed E-state index contributed by atoms with van der Waals surface area (Å²) in [5, 5.41) is 11.0. The Labute approximate surface area is 157 Å². The zero-order valence-corrected chi connectivity index (χ0v) is 16.1. The van der Waals surface area contributed by atoms with Crippen LogP contribution in [0.1, 0.15) is 75.1 Å². The molecule has 26 heavy (non-hydrogen) atoms. The molecule has 3 heterocycles. The Bertz CT molecular complexity index is 566. The summed E-state index contributed by atoms with van der Waals surface area (Å²) in [6.07, 6.45) is 15.3. The lowest BCUT2D eigenvalue weighted by Crippen LogP contribution is -2.46. The predicted octanol–water partition coefficient (Wildman–Crippen LogP) is 2.95. The molecule has 3 fully saturated rings. The van der Waals surface area contributed by atoms with Gasteiger partial charge < -0.3 is 10.0 Å². The van der Waals surface area contributed by atoms with Crippen molar-refractivity contribution < 1.29 is 5.11 Å². The maximum Gasteiger partial charge on any atom is 0.131 e. The zero-order chi connectivity index (χ0) is 17.8. The predicted molar refractivity (Wildman–Crippen MR) is 103 cm³/mol. The largest absolute Gasteiger partial charge is 0.387 e. The molecule has 0 unspecified atom stereocenters. The second-order valence-corrected chi connectivity index (χ2v) is 8.81. The van der Waals surface area contributed by atoms with Gasteiger partial charge in [0, 0.05) is 50.1 Å². The number of rotatable bonds is 5. The van der Waals surface area contributed by atoms with Crippen molar-refractivity contribution in [3.8, 4) is 0 Å². The van der Waals surface area contributed by atoms with Gasteiger partial charge in [-0.3, -0.25) is 4.90 Å². The van der Waals surface area contributed by atoms with Gasteiger partial charge in [-0.1, -0.05) is 25.7 Å². The Hall–Kier alpha value is -1.04. The van der Waals surface area contributed by atoms with Crippen LogP contribution in [0.5, 0.6) is 0 Å². The fourth-order valence-electron chi connectivity index (χ4n) is 5.01. The van der Waals surface area contributed by atoms with E-state index >= 15 is 0 Å². The van der Waals surface area contributed by atoms with Crippen molar-refractivity contribution >= 4 is 0 Å². The van der Waals surface area contributed by atoms with Crippen LogP contribution in [0.2, 0.25) is 0 Å². The molecular formula is C21H34N4O. The zero-order valence-electron chi connectivity index (χ0n) is 16.1. The molecule has 1 aliphatic carbocycles. The quantitative estimate of drug-likeness (QED) is 0.877. The molecule has 1 aromatic rings. The monoisotopic (exact) mass is 358 g/mol. The van der Waals surface area contributed by atoms with Crippen LogP contribution in [0, 0.1) is 0 Å². The number of piperidine rings is 1. The summed E-state index contributed by atoms with van der Waals surface area (Å²) < 4.78 is 0. The molecule has 1 aromatic heterocycles. The molecule has 0 radical (unpaired) electrons. The van der Waals surface area contributed by atoms with Crippen molar-refractivity contribution in [2.45, 2.75) is 75.9 Å². The van der Waals surface area contributed by atoms with E-state index < -0.39 is 5.60 Å². The second-order valence-electron chi connectivity index (χ2n) is 8.81. The van der Waals surface area contributed by atoms with E-state index in [-0.39, 0.29) is 0 Å². The average Bonchev–Trinajstić information content (AvgIpc) is 3.04. The second kappa shape index (κ2) is 8.32. The third kappa shape index (κ3) is 4.62. The molecule has 144 valence electrons. The highest BCUT2D eigenvalue weighted by atomic mass is 16.3.